The molecule has 2 aromatic rings. The lowest BCUT2D eigenvalue weighted by Crippen LogP contribution is -2.50. The molecule has 13 heteroatoms. The molecule has 0 saturated carbocycles. The zero-order valence-electron chi connectivity index (χ0n) is 20.4. The summed E-state index contributed by atoms with van der Waals surface area (Å²) in [6.07, 6.45) is -4.78. The Kier molecular flexibility index (Phi) is 7.87. The maximum absolute atomic E-state index is 14.0. The molecule has 1 aromatic heterocycles. The minimum Gasteiger partial charge on any atom is -0.444 e. The first-order valence-electron chi connectivity index (χ1n) is 11.3. The molecule has 196 valence electrons. The lowest BCUT2D eigenvalue weighted by Gasteiger charge is -2.37. The lowest BCUT2D eigenvalue weighted by molar-refractivity contribution is -0.137. The van der Waals surface area contributed by atoms with Crippen molar-refractivity contribution >= 4 is 40.8 Å². The van der Waals surface area contributed by atoms with Crippen molar-refractivity contribution in [2.75, 3.05) is 36.4 Å². The van der Waals surface area contributed by atoms with E-state index in [9.17, 15) is 22.8 Å². The van der Waals surface area contributed by atoms with Crippen molar-refractivity contribution in [2.24, 2.45) is 5.73 Å². The first-order valence-corrected chi connectivity index (χ1v) is 11.6. The van der Waals surface area contributed by atoms with E-state index < -0.39 is 29.3 Å². The number of carbonyl (C=O) groups is 2. The van der Waals surface area contributed by atoms with Crippen molar-refractivity contribution < 1.29 is 27.5 Å². The fourth-order valence-electron chi connectivity index (χ4n) is 3.64. The number of halogens is 4. The minimum absolute atomic E-state index is 0.0144. The summed E-state index contributed by atoms with van der Waals surface area (Å²) in [5.74, 6) is -1.04. The van der Waals surface area contributed by atoms with Crippen LogP contribution in [0.1, 0.15) is 49.4 Å². The summed E-state index contributed by atoms with van der Waals surface area (Å²) in [4.78, 5) is 35.3. The monoisotopic (exact) mass is 528 g/mol. The summed E-state index contributed by atoms with van der Waals surface area (Å²) in [7, 11) is 0. The third-order valence-electron chi connectivity index (χ3n) is 5.32. The second kappa shape index (κ2) is 10.4. The Morgan fingerprint density at radius 3 is 2.31 bits per heavy atom. The van der Waals surface area contributed by atoms with E-state index in [1.807, 2.05) is 0 Å². The number of piperazine rings is 1. The number of hydrogen-bond donors (Lipinski definition) is 2. The van der Waals surface area contributed by atoms with Crippen molar-refractivity contribution in [1.29, 1.82) is 0 Å². The number of benzene rings is 1. The number of aryl methyl sites for hydroxylation is 1. The number of aromatic nitrogens is 2. The maximum atomic E-state index is 14.0. The van der Waals surface area contributed by atoms with Crippen molar-refractivity contribution in [3.63, 3.8) is 0 Å². The van der Waals surface area contributed by atoms with Gasteiger partial charge in [0.1, 0.15) is 5.60 Å². The van der Waals surface area contributed by atoms with E-state index in [0.29, 0.717) is 12.1 Å². The summed E-state index contributed by atoms with van der Waals surface area (Å²) in [6, 6.07) is 3.68. The number of nitrogens with two attached hydrogens (primary N) is 1. The highest BCUT2D eigenvalue weighted by molar-refractivity contribution is 6.30. The number of primary amides is 1. The second-order valence-electron chi connectivity index (χ2n) is 9.19. The van der Waals surface area contributed by atoms with Crippen molar-refractivity contribution in [3.8, 4) is 0 Å². The summed E-state index contributed by atoms with van der Waals surface area (Å²) in [6.45, 7) is 7.82. The van der Waals surface area contributed by atoms with E-state index in [0.717, 1.165) is 6.07 Å². The molecule has 1 aliphatic heterocycles. The molecule has 36 heavy (non-hydrogen) atoms. The molecule has 1 aromatic carbocycles. The van der Waals surface area contributed by atoms with Crippen LogP contribution in [0.15, 0.2) is 18.2 Å². The van der Waals surface area contributed by atoms with Gasteiger partial charge in [0.2, 0.25) is 0 Å². The molecule has 0 bridgehead atoms. The summed E-state index contributed by atoms with van der Waals surface area (Å²) in [5.41, 5.74) is 3.93. The van der Waals surface area contributed by atoms with Crippen LogP contribution in [0.5, 0.6) is 0 Å². The topological polar surface area (TPSA) is 114 Å². The van der Waals surface area contributed by atoms with Gasteiger partial charge in [0.05, 0.1) is 11.3 Å². The van der Waals surface area contributed by atoms with Crippen LogP contribution in [-0.2, 0) is 17.3 Å². The minimum atomic E-state index is -4.67. The number of ether oxygens (including phenoxy) is 1. The van der Waals surface area contributed by atoms with Crippen LogP contribution < -0.4 is 16.0 Å². The first kappa shape index (κ1) is 27.3. The van der Waals surface area contributed by atoms with Gasteiger partial charge >= 0.3 is 12.3 Å². The van der Waals surface area contributed by atoms with Gasteiger partial charge < -0.3 is 25.6 Å². The Hall–Kier alpha value is -3.28. The number of hydrogen-bond acceptors (Lipinski definition) is 7. The number of rotatable bonds is 5. The highest BCUT2D eigenvalue weighted by atomic mass is 35.5. The van der Waals surface area contributed by atoms with Crippen LogP contribution in [-0.4, -0.2) is 58.6 Å². The predicted octanol–water partition coefficient (Wildman–Crippen LogP) is 4.61. The molecular formula is C23H28ClF3N6O3. The van der Waals surface area contributed by atoms with E-state index in [2.05, 4.69) is 15.3 Å². The van der Waals surface area contributed by atoms with Crippen LogP contribution in [0.4, 0.5) is 35.2 Å². The Morgan fingerprint density at radius 1 is 1.14 bits per heavy atom. The number of anilines is 3. The molecule has 2 amide bonds. The summed E-state index contributed by atoms with van der Waals surface area (Å²) in [5, 5.41) is 2.70. The SMILES string of the molecule is CCc1nc(C(N)=O)c(Nc2ccc(N3CCN(C(=O)OC(C)(C)C)CC3)c(C(F)(F)F)c2)nc1Cl. The van der Waals surface area contributed by atoms with Gasteiger partial charge in [-0.25, -0.2) is 14.8 Å². The Morgan fingerprint density at radius 2 is 1.78 bits per heavy atom. The van der Waals surface area contributed by atoms with Crippen LogP contribution in [0.3, 0.4) is 0 Å². The van der Waals surface area contributed by atoms with Gasteiger partial charge in [-0.2, -0.15) is 13.2 Å². The molecule has 0 aliphatic carbocycles. The second-order valence-corrected chi connectivity index (χ2v) is 9.54. The zero-order valence-corrected chi connectivity index (χ0v) is 21.1. The van der Waals surface area contributed by atoms with Gasteiger partial charge in [0, 0.05) is 37.6 Å². The molecule has 3 N–H and O–H groups in total. The van der Waals surface area contributed by atoms with E-state index in [-0.39, 0.29) is 54.2 Å². The Balaban J connectivity index is 1.85. The normalized spacial score (nSPS) is 14.6. The molecule has 0 atom stereocenters. The zero-order chi connectivity index (χ0) is 26.8. The molecule has 1 aliphatic rings. The molecule has 1 saturated heterocycles. The number of amides is 2. The molecule has 0 unspecified atom stereocenters. The van der Waals surface area contributed by atoms with E-state index in [1.165, 1.54) is 17.0 Å². The van der Waals surface area contributed by atoms with Gasteiger partial charge in [-0.1, -0.05) is 18.5 Å². The smallest absolute Gasteiger partial charge is 0.418 e. The molecule has 0 spiro atoms. The lowest BCUT2D eigenvalue weighted by atomic mass is 10.1. The standard InChI is InChI=1S/C23H28ClF3N6O3/c1-5-15-18(24)31-20(17(30-15)19(28)34)29-13-6-7-16(14(12-13)23(25,26)27)32-8-10-33(11-9-32)21(35)36-22(2,3)4/h6-7,12H,5,8-11H2,1-4H3,(H2,28,34)(H,29,31). The van der Waals surface area contributed by atoms with Crippen molar-refractivity contribution in [3.05, 3.63) is 40.3 Å². The quantitative estimate of drug-likeness (QED) is 0.582. The van der Waals surface area contributed by atoms with Crippen LogP contribution in [0.2, 0.25) is 5.15 Å². The first-order chi connectivity index (χ1) is 16.7. The van der Waals surface area contributed by atoms with Crippen LogP contribution >= 0.6 is 11.6 Å². The van der Waals surface area contributed by atoms with E-state index >= 15 is 0 Å². The number of alkyl halides is 3. The van der Waals surface area contributed by atoms with Gasteiger partial charge in [-0.3, -0.25) is 4.79 Å². The molecule has 3 rings (SSSR count). The van der Waals surface area contributed by atoms with Gasteiger partial charge in [0.25, 0.3) is 5.91 Å². The largest absolute Gasteiger partial charge is 0.444 e. The van der Waals surface area contributed by atoms with Gasteiger partial charge in [0.15, 0.2) is 16.7 Å². The molecule has 2 heterocycles. The van der Waals surface area contributed by atoms with E-state index in [4.69, 9.17) is 22.1 Å². The summed E-state index contributed by atoms with van der Waals surface area (Å²) < 4.78 is 47.4. The number of nitrogens with one attached hydrogen (secondary N) is 1. The van der Waals surface area contributed by atoms with Crippen LogP contribution in [0, 0.1) is 0 Å². The van der Waals surface area contributed by atoms with Crippen LogP contribution in [0.25, 0.3) is 0 Å². The van der Waals surface area contributed by atoms with Gasteiger partial charge in [-0.05, 0) is 45.4 Å². The fraction of sp³-hybridized carbons (Fsp3) is 0.478. The molecule has 0 radical (unpaired) electrons. The van der Waals surface area contributed by atoms with E-state index in [1.54, 1.807) is 32.6 Å². The predicted molar refractivity (Wildman–Crippen MR) is 130 cm³/mol. The third-order valence-corrected chi connectivity index (χ3v) is 5.63. The number of carbonyl (C=O) groups excluding carboxylic acids is 2. The highest BCUT2D eigenvalue weighted by Crippen LogP contribution is 2.39. The number of nitrogens with zero attached hydrogens (tertiary/aromatic N) is 4. The molecular weight excluding hydrogens is 501 g/mol. The maximum Gasteiger partial charge on any atom is 0.418 e. The molecule has 9 nitrogen and oxygen atoms in total. The summed E-state index contributed by atoms with van der Waals surface area (Å²) >= 11 is 6.08. The highest BCUT2D eigenvalue weighted by Gasteiger charge is 2.36. The Labute approximate surface area is 211 Å². The average Bonchev–Trinajstić information content (AvgIpc) is 2.77. The Bertz CT molecular complexity index is 1150. The third kappa shape index (κ3) is 6.48. The van der Waals surface area contributed by atoms with Crippen molar-refractivity contribution in [1.82, 2.24) is 14.9 Å². The fourth-order valence-corrected chi connectivity index (χ4v) is 3.90. The van der Waals surface area contributed by atoms with Gasteiger partial charge in [-0.15, -0.1) is 0 Å². The van der Waals surface area contributed by atoms with Crippen molar-refractivity contribution in [2.45, 2.75) is 45.9 Å². The average molecular weight is 529 g/mol. The molecule has 1 fully saturated rings.